The Morgan fingerprint density at radius 3 is 2.32 bits per heavy atom. The maximum atomic E-state index is 12.0. The first-order valence-electron chi connectivity index (χ1n) is 5.95. The van der Waals surface area contributed by atoms with E-state index >= 15 is 0 Å². The van der Waals surface area contributed by atoms with Crippen molar-refractivity contribution in [1.29, 1.82) is 0 Å². The van der Waals surface area contributed by atoms with E-state index in [1.54, 1.807) is 6.08 Å². The van der Waals surface area contributed by atoms with E-state index in [4.69, 9.17) is 0 Å². The predicted octanol–water partition coefficient (Wildman–Crippen LogP) is 4.49. The summed E-state index contributed by atoms with van der Waals surface area (Å²) in [7, 11) is 0. The molecule has 1 N–H and O–H groups in total. The molecule has 2 aromatic rings. The molecule has 0 spiro atoms. The van der Waals surface area contributed by atoms with E-state index in [0.29, 0.717) is 5.56 Å². The smallest absolute Gasteiger partial charge is 0.187 e. The van der Waals surface area contributed by atoms with E-state index < -0.39 is 0 Å². The van der Waals surface area contributed by atoms with Gasteiger partial charge in [0.1, 0.15) is 0 Å². The van der Waals surface area contributed by atoms with Crippen LogP contribution in [0.5, 0.6) is 0 Å². The van der Waals surface area contributed by atoms with Crippen LogP contribution in [0.25, 0.3) is 0 Å². The third-order valence-corrected chi connectivity index (χ3v) is 3.31. The van der Waals surface area contributed by atoms with Crippen molar-refractivity contribution < 1.29 is 4.79 Å². The Balaban J connectivity index is 2.07. The van der Waals surface area contributed by atoms with Crippen molar-refractivity contribution in [3.63, 3.8) is 0 Å². The predicted molar refractivity (Wildman–Crippen MR) is 87.3 cm³/mol. The molecule has 0 aliphatic carbocycles. The molecule has 19 heavy (non-hydrogen) atoms. The van der Waals surface area contributed by atoms with Gasteiger partial charge in [-0.05, 0) is 53.8 Å². The van der Waals surface area contributed by atoms with Crippen molar-refractivity contribution in [3.05, 3.63) is 75.5 Å². The van der Waals surface area contributed by atoms with Crippen LogP contribution in [0.4, 0.5) is 5.69 Å². The first-order chi connectivity index (χ1) is 9.15. The van der Waals surface area contributed by atoms with Crippen LogP contribution in [0.2, 0.25) is 0 Å². The number of carbonyl (C=O) groups excluding carboxylic acids is 1. The highest BCUT2D eigenvalue weighted by Gasteiger charge is 2.02. The minimum atomic E-state index is 0.0103. The fourth-order valence-corrected chi connectivity index (χ4v) is 2.04. The topological polar surface area (TPSA) is 29.1 Å². The Labute approximate surface area is 126 Å². The Kier molecular flexibility index (Phi) is 4.74. The monoisotopic (exact) mass is 363 g/mol. The number of halogens is 1. The number of rotatable bonds is 4. The number of benzene rings is 2. The molecule has 0 atom stereocenters. The second kappa shape index (κ2) is 6.52. The maximum absolute atomic E-state index is 12.0. The minimum absolute atomic E-state index is 0.0103. The number of ketones is 1. The van der Waals surface area contributed by atoms with Crippen molar-refractivity contribution in [3.8, 4) is 0 Å². The average Bonchev–Trinajstić information content (AvgIpc) is 2.42. The molecule has 2 aromatic carbocycles. The van der Waals surface area contributed by atoms with E-state index in [2.05, 4.69) is 27.9 Å². The summed E-state index contributed by atoms with van der Waals surface area (Å²) in [4.78, 5) is 12.0. The van der Waals surface area contributed by atoms with Crippen LogP contribution in [-0.4, -0.2) is 5.78 Å². The molecule has 0 radical (unpaired) electrons. The van der Waals surface area contributed by atoms with E-state index in [1.807, 2.05) is 61.5 Å². The van der Waals surface area contributed by atoms with Gasteiger partial charge >= 0.3 is 0 Å². The fourth-order valence-electron chi connectivity index (χ4n) is 1.68. The van der Waals surface area contributed by atoms with Gasteiger partial charge in [0, 0.05) is 26.6 Å². The van der Waals surface area contributed by atoms with Crippen LogP contribution in [-0.2, 0) is 0 Å². The summed E-state index contributed by atoms with van der Waals surface area (Å²) in [5.41, 5.74) is 2.51. The number of anilines is 1. The van der Waals surface area contributed by atoms with Gasteiger partial charge in [-0.25, -0.2) is 0 Å². The summed E-state index contributed by atoms with van der Waals surface area (Å²) in [6, 6.07) is 17.3. The van der Waals surface area contributed by atoms with Gasteiger partial charge in [0.25, 0.3) is 0 Å². The lowest BCUT2D eigenvalue weighted by Gasteiger charge is -2.06. The van der Waals surface area contributed by atoms with Crippen LogP contribution in [0.15, 0.2) is 66.4 Å². The first-order valence-corrected chi connectivity index (χ1v) is 7.03. The van der Waals surface area contributed by atoms with Crippen molar-refractivity contribution in [2.75, 3.05) is 5.32 Å². The molecule has 0 saturated carbocycles. The summed E-state index contributed by atoms with van der Waals surface area (Å²) in [5.74, 6) is 0.0103. The Bertz CT molecular complexity index is 588. The molecular formula is C16H14INO. The van der Waals surface area contributed by atoms with Gasteiger partial charge in [0.15, 0.2) is 5.78 Å². The molecule has 0 saturated heterocycles. The van der Waals surface area contributed by atoms with Crippen molar-refractivity contribution in [2.24, 2.45) is 0 Å². The van der Waals surface area contributed by atoms with Crippen LogP contribution < -0.4 is 5.32 Å². The van der Waals surface area contributed by atoms with Crippen LogP contribution in [0.1, 0.15) is 17.3 Å². The first kappa shape index (κ1) is 13.8. The van der Waals surface area contributed by atoms with Gasteiger partial charge in [-0.1, -0.05) is 30.3 Å². The zero-order valence-corrected chi connectivity index (χ0v) is 12.7. The van der Waals surface area contributed by atoms with Crippen LogP contribution >= 0.6 is 22.6 Å². The van der Waals surface area contributed by atoms with Crippen molar-refractivity contribution in [2.45, 2.75) is 6.92 Å². The molecule has 96 valence electrons. The molecule has 0 aliphatic rings. The van der Waals surface area contributed by atoms with Gasteiger partial charge in [-0.15, -0.1) is 0 Å². The molecule has 2 nitrogen and oxygen atoms in total. The summed E-state index contributed by atoms with van der Waals surface area (Å²) in [5, 5.41) is 3.21. The quantitative estimate of drug-likeness (QED) is 0.493. The summed E-state index contributed by atoms with van der Waals surface area (Å²) >= 11 is 2.26. The molecule has 0 amide bonds. The fraction of sp³-hybridized carbons (Fsp3) is 0.0625. The number of hydrogen-bond donors (Lipinski definition) is 1. The zero-order chi connectivity index (χ0) is 13.7. The van der Waals surface area contributed by atoms with Gasteiger partial charge in [-0.2, -0.15) is 0 Å². The summed E-state index contributed by atoms with van der Waals surface area (Å²) < 4.78 is 1.19. The van der Waals surface area contributed by atoms with E-state index in [1.165, 1.54) is 3.57 Å². The SMILES string of the molecule is C/C(=C\C(=O)c1ccccc1)Nc1ccc(I)cc1. The van der Waals surface area contributed by atoms with Gasteiger partial charge in [0.2, 0.25) is 0 Å². The lowest BCUT2D eigenvalue weighted by molar-refractivity contribution is 0.104. The van der Waals surface area contributed by atoms with E-state index in [9.17, 15) is 4.79 Å². The molecule has 0 unspecified atom stereocenters. The number of carbonyl (C=O) groups is 1. The lowest BCUT2D eigenvalue weighted by atomic mass is 10.1. The number of allylic oxidation sites excluding steroid dienone is 2. The van der Waals surface area contributed by atoms with E-state index in [0.717, 1.165) is 11.4 Å². The van der Waals surface area contributed by atoms with Crippen molar-refractivity contribution in [1.82, 2.24) is 0 Å². The molecular weight excluding hydrogens is 349 g/mol. The van der Waals surface area contributed by atoms with Gasteiger partial charge in [0.05, 0.1) is 0 Å². The molecule has 2 rings (SSSR count). The highest BCUT2D eigenvalue weighted by atomic mass is 127. The van der Waals surface area contributed by atoms with Crippen LogP contribution in [0.3, 0.4) is 0 Å². The largest absolute Gasteiger partial charge is 0.359 e. The highest BCUT2D eigenvalue weighted by Crippen LogP contribution is 2.13. The average molecular weight is 363 g/mol. The Morgan fingerprint density at radius 2 is 1.68 bits per heavy atom. The maximum Gasteiger partial charge on any atom is 0.187 e. The standard InChI is InChI=1S/C16H14INO/c1-12(18-15-9-7-14(17)8-10-15)11-16(19)13-5-3-2-4-6-13/h2-11,18H,1H3/b12-11+. The zero-order valence-electron chi connectivity index (χ0n) is 10.6. The molecule has 0 aliphatic heterocycles. The molecule has 0 heterocycles. The lowest BCUT2D eigenvalue weighted by Crippen LogP contribution is -2.01. The second-order valence-electron chi connectivity index (χ2n) is 4.19. The number of nitrogens with one attached hydrogen (secondary N) is 1. The Morgan fingerprint density at radius 1 is 1.05 bits per heavy atom. The van der Waals surface area contributed by atoms with Gasteiger partial charge in [-0.3, -0.25) is 4.79 Å². The molecule has 0 fully saturated rings. The Hall–Kier alpha value is -1.62. The normalized spacial score (nSPS) is 11.2. The minimum Gasteiger partial charge on any atom is -0.359 e. The molecule has 3 heteroatoms. The third-order valence-electron chi connectivity index (χ3n) is 2.59. The molecule has 0 aromatic heterocycles. The second-order valence-corrected chi connectivity index (χ2v) is 5.44. The summed E-state index contributed by atoms with van der Waals surface area (Å²) in [6.45, 7) is 1.89. The van der Waals surface area contributed by atoms with E-state index in [-0.39, 0.29) is 5.78 Å². The third kappa shape index (κ3) is 4.21. The number of hydrogen-bond acceptors (Lipinski definition) is 2. The van der Waals surface area contributed by atoms with Gasteiger partial charge < -0.3 is 5.32 Å². The van der Waals surface area contributed by atoms with Crippen molar-refractivity contribution >= 4 is 34.1 Å². The van der Waals surface area contributed by atoms with Crippen LogP contribution in [0, 0.1) is 3.57 Å². The molecule has 0 bridgehead atoms. The summed E-state index contributed by atoms with van der Waals surface area (Å²) in [6.07, 6.45) is 1.62. The highest BCUT2D eigenvalue weighted by molar-refractivity contribution is 14.1.